The zero-order valence-corrected chi connectivity index (χ0v) is 7.08. The lowest BCUT2D eigenvalue weighted by molar-refractivity contribution is 0.262. The van der Waals surface area contributed by atoms with Crippen molar-refractivity contribution >= 4 is 14.1 Å². The van der Waals surface area contributed by atoms with Crippen LogP contribution in [0.4, 0.5) is 0 Å². The molecule has 0 spiro atoms. The van der Waals surface area contributed by atoms with Crippen molar-refractivity contribution in [1.29, 1.82) is 0 Å². The molecule has 0 saturated heterocycles. The third-order valence-corrected chi connectivity index (χ3v) is 2.91. The SMILES string of the molecule is NCC1OPc2ccccc21. The first kappa shape index (κ1) is 7.23. The van der Waals surface area contributed by atoms with Crippen molar-refractivity contribution in [1.82, 2.24) is 0 Å². The van der Waals surface area contributed by atoms with Crippen LogP contribution in [0.25, 0.3) is 0 Å². The molecule has 2 unspecified atom stereocenters. The van der Waals surface area contributed by atoms with E-state index in [9.17, 15) is 0 Å². The molecule has 2 N–H and O–H groups in total. The molecular weight excluding hydrogens is 157 g/mol. The molecule has 11 heavy (non-hydrogen) atoms. The molecule has 0 amide bonds. The summed E-state index contributed by atoms with van der Waals surface area (Å²) in [5, 5.41) is 1.31. The molecule has 1 aromatic rings. The summed E-state index contributed by atoms with van der Waals surface area (Å²) in [6.07, 6.45) is 0.143. The van der Waals surface area contributed by atoms with Gasteiger partial charge in [0.25, 0.3) is 0 Å². The molecule has 0 fully saturated rings. The van der Waals surface area contributed by atoms with Crippen LogP contribution in [0.2, 0.25) is 0 Å². The summed E-state index contributed by atoms with van der Waals surface area (Å²) < 4.78 is 5.48. The number of hydrogen-bond acceptors (Lipinski definition) is 2. The molecule has 1 heterocycles. The Morgan fingerprint density at radius 2 is 2.27 bits per heavy atom. The number of fused-ring (bicyclic) bond motifs is 1. The molecular formula is C8H10NOP. The van der Waals surface area contributed by atoms with Crippen molar-refractivity contribution in [3.05, 3.63) is 29.8 Å². The average Bonchev–Trinajstić information content (AvgIpc) is 2.47. The molecule has 1 aliphatic heterocycles. The van der Waals surface area contributed by atoms with Crippen molar-refractivity contribution in [2.75, 3.05) is 6.54 Å². The fourth-order valence-electron chi connectivity index (χ4n) is 1.24. The first-order valence-corrected chi connectivity index (χ1v) is 4.53. The highest BCUT2D eigenvalue weighted by atomic mass is 31.1. The lowest BCUT2D eigenvalue weighted by atomic mass is 10.1. The van der Waals surface area contributed by atoms with Crippen LogP contribution in [-0.2, 0) is 4.52 Å². The van der Waals surface area contributed by atoms with Gasteiger partial charge in [-0.05, 0) is 5.56 Å². The molecule has 2 rings (SSSR count). The predicted molar refractivity (Wildman–Crippen MR) is 47.3 cm³/mol. The Kier molecular flexibility index (Phi) is 1.91. The van der Waals surface area contributed by atoms with E-state index >= 15 is 0 Å². The normalized spacial score (nSPS) is 23.9. The summed E-state index contributed by atoms with van der Waals surface area (Å²) in [4.78, 5) is 0. The summed E-state index contributed by atoms with van der Waals surface area (Å²) in [6.45, 7) is 0.587. The summed E-state index contributed by atoms with van der Waals surface area (Å²) >= 11 is 0. The lowest BCUT2D eigenvalue weighted by Gasteiger charge is -2.05. The molecule has 1 aliphatic rings. The van der Waals surface area contributed by atoms with E-state index in [2.05, 4.69) is 12.1 Å². The van der Waals surface area contributed by atoms with Gasteiger partial charge in [-0.1, -0.05) is 24.3 Å². The molecule has 0 saturated carbocycles. The third-order valence-electron chi connectivity index (χ3n) is 1.83. The molecule has 0 bridgehead atoms. The van der Waals surface area contributed by atoms with Crippen LogP contribution in [0.5, 0.6) is 0 Å². The Morgan fingerprint density at radius 3 is 3.09 bits per heavy atom. The number of nitrogens with two attached hydrogens (primary N) is 1. The van der Waals surface area contributed by atoms with Gasteiger partial charge in [0.2, 0.25) is 0 Å². The fraction of sp³-hybridized carbons (Fsp3) is 0.250. The van der Waals surface area contributed by atoms with Crippen molar-refractivity contribution < 1.29 is 4.52 Å². The zero-order valence-electron chi connectivity index (χ0n) is 6.08. The summed E-state index contributed by atoms with van der Waals surface area (Å²) in [5.41, 5.74) is 6.80. The van der Waals surface area contributed by atoms with E-state index in [4.69, 9.17) is 10.3 Å². The molecule has 1 aromatic carbocycles. The van der Waals surface area contributed by atoms with Gasteiger partial charge in [0.1, 0.15) is 0 Å². The minimum atomic E-state index is 0.143. The minimum Gasteiger partial charge on any atom is -0.348 e. The van der Waals surface area contributed by atoms with E-state index in [1.54, 1.807) is 0 Å². The van der Waals surface area contributed by atoms with Crippen molar-refractivity contribution in [3.63, 3.8) is 0 Å². The maximum absolute atomic E-state index is 5.53. The van der Waals surface area contributed by atoms with E-state index in [1.807, 2.05) is 12.1 Å². The van der Waals surface area contributed by atoms with E-state index in [-0.39, 0.29) is 6.10 Å². The van der Waals surface area contributed by atoms with E-state index in [1.165, 1.54) is 10.9 Å². The van der Waals surface area contributed by atoms with Crippen LogP contribution >= 0.6 is 8.81 Å². The van der Waals surface area contributed by atoms with Crippen LogP contribution in [0.1, 0.15) is 11.7 Å². The zero-order chi connectivity index (χ0) is 7.68. The molecule has 58 valence electrons. The largest absolute Gasteiger partial charge is 0.348 e. The van der Waals surface area contributed by atoms with Crippen LogP contribution < -0.4 is 11.0 Å². The molecule has 2 nitrogen and oxygen atoms in total. The highest BCUT2D eigenvalue weighted by Crippen LogP contribution is 2.34. The Labute approximate surface area is 67.6 Å². The second-order valence-corrected chi connectivity index (χ2v) is 3.51. The maximum atomic E-state index is 5.53. The number of benzene rings is 1. The molecule has 0 aliphatic carbocycles. The lowest BCUT2D eigenvalue weighted by Crippen LogP contribution is -2.12. The number of rotatable bonds is 1. The predicted octanol–water partition coefficient (Wildman–Crippen LogP) is 0.935. The van der Waals surface area contributed by atoms with Gasteiger partial charge in [0.15, 0.2) is 0 Å². The van der Waals surface area contributed by atoms with E-state index in [0.717, 1.165) is 0 Å². The van der Waals surface area contributed by atoms with E-state index < -0.39 is 0 Å². The van der Waals surface area contributed by atoms with Gasteiger partial charge in [-0.2, -0.15) is 0 Å². The Bertz CT molecular complexity index is 264. The smallest absolute Gasteiger partial charge is 0.0997 e. The monoisotopic (exact) mass is 167 g/mol. The van der Waals surface area contributed by atoms with Crippen LogP contribution in [-0.4, -0.2) is 6.54 Å². The number of hydrogen-bond donors (Lipinski definition) is 1. The molecule has 2 atom stereocenters. The Hall–Kier alpha value is -0.430. The summed E-state index contributed by atoms with van der Waals surface area (Å²) in [7, 11) is 0.487. The third kappa shape index (κ3) is 1.18. The molecule has 0 aromatic heterocycles. The first-order valence-electron chi connectivity index (χ1n) is 3.62. The van der Waals surface area contributed by atoms with Gasteiger partial charge >= 0.3 is 0 Å². The topological polar surface area (TPSA) is 35.2 Å². The van der Waals surface area contributed by atoms with Gasteiger partial charge in [0, 0.05) is 20.7 Å². The summed E-state index contributed by atoms with van der Waals surface area (Å²) in [6, 6.07) is 8.26. The van der Waals surface area contributed by atoms with Crippen molar-refractivity contribution in [2.45, 2.75) is 6.10 Å². The Balaban J connectivity index is 2.39. The average molecular weight is 167 g/mol. The van der Waals surface area contributed by atoms with Crippen LogP contribution in [0.15, 0.2) is 24.3 Å². The van der Waals surface area contributed by atoms with E-state index in [0.29, 0.717) is 15.4 Å². The van der Waals surface area contributed by atoms with Gasteiger partial charge in [-0.25, -0.2) is 0 Å². The van der Waals surface area contributed by atoms with Crippen molar-refractivity contribution in [3.8, 4) is 0 Å². The fourth-order valence-corrected chi connectivity index (χ4v) is 2.26. The molecule has 0 radical (unpaired) electrons. The minimum absolute atomic E-state index is 0.143. The molecule has 3 heteroatoms. The summed E-state index contributed by atoms with van der Waals surface area (Å²) in [5.74, 6) is 0. The van der Waals surface area contributed by atoms with Gasteiger partial charge < -0.3 is 10.3 Å². The van der Waals surface area contributed by atoms with Crippen LogP contribution in [0.3, 0.4) is 0 Å². The first-order chi connectivity index (χ1) is 5.42. The maximum Gasteiger partial charge on any atom is 0.0997 e. The highest BCUT2D eigenvalue weighted by Gasteiger charge is 2.20. The quantitative estimate of drug-likeness (QED) is 0.631. The Morgan fingerprint density at radius 1 is 1.45 bits per heavy atom. The van der Waals surface area contributed by atoms with Crippen LogP contribution in [0, 0.1) is 0 Å². The van der Waals surface area contributed by atoms with Gasteiger partial charge in [0.05, 0.1) is 6.10 Å². The van der Waals surface area contributed by atoms with Gasteiger partial charge in [-0.15, -0.1) is 0 Å². The van der Waals surface area contributed by atoms with Crippen molar-refractivity contribution in [2.24, 2.45) is 5.73 Å². The highest BCUT2D eigenvalue weighted by molar-refractivity contribution is 7.42. The van der Waals surface area contributed by atoms with Gasteiger partial charge in [-0.3, -0.25) is 0 Å². The second-order valence-electron chi connectivity index (χ2n) is 2.53. The standard InChI is InChI=1S/C8H10NOP/c9-5-7-6-3-1-2-4-8(6)11-10-7/h1-4,7,11H,5,9H2. The second kappa shape index (κ2) is 2.90.